The molecule has 0 aliphatic carbocycles. The third-order valence-electron chi connectivity index (χ3n) is 6.92. The van der Waals surface area contributed by atoms with Gasteiger partial charge in [-0.1, -0.05) is 30.3 Å². The van der Waals surface area contributed by atoms with Gasteiger partial charge in [0.1, 0.15) is 17.6 Å². The fourth-order valence-corrected chi connectivity index (χ4v) is 4.58. The first-order valence-corrected chi connectivity index (χ1v) is 13.2. The number of aromatic nitrogens is 4. The predicted octanol–water partition coefficient (Wildman–Crippen LogP) is 5.56. The molecule has 210 valence electrons. The average molecular weight is 543 g/mol. The zero-order chi connectivity index (χ0) is 28.6. The molecule has 0 bridgehead atoms. The second-order valence-corrected chi connectivity index (χ2v) is 9.86. The van der Waals surface area contributed by atoms with Crippen LogP contribution < -0.4 is 15.2 Å². The van der Waals surface area contributed by atoms with E-state index in [1.807, 2.05) is 54.0 Å². The molecule has 4 rings (SSSR count). The van der Waals surface area contributed by atoms with Crippen molar-refractivity contribution in [3.05, 3.63) is 90.2 Å². The molecule has 0 aliphatic heterocycles. The van der Waals surface area contributed by atoms with Gasteiger partial charge in [-0.2, -0.15) is 0 Å². The van der Waals surface area contributed by atoms with Gasteiger partial charge in [-0.05, 0) is 75.2 Å². The summed E-state index contributed by atoms with van der Waals surface area (Å²) in [4.78, 5) is 15.1. The monoisotopic (exact) mass is 542 g/mol. The lowest BCUT2D eigenvalue weighted by molar-refractivity contribution is 0.261. The Bertz CT molecular complexity index is 1480. The molecule has 40 heavy (non-hydrogen) atoms. The summed E-state index contributed by atoms with van der Waals surface area (Å²) in [5, 5.41) is 0. The number of ether oxygens (including phenoxy) is 3. The zero-order valence-electron chi connectivity index (χ0n) is 23.9. The van der Waals surface area contributed by atoms with Crippen LogP contribution in [0, 0.1) is 6.92 Å². The van der Waals surface area contributed by atoms with Crippen molar-refractivity contribution in [2.24, 2.45) is 0 Å². The summed E-state index contributed by atoms with van der Waals surface area (Å²) in [5.41, 5.74) is 10.6. The number of hydrogen-bond acceptors (Lipinski definition) is 8. The van der Waals surface area contributed by atoms with Crippen LogP contribution in [0.5, 0.6) is 17.2 Å². The summed E-state index contributed by atoms with van der Waals surface area (Å²) in [7, 11) is 5.44. The standard InChI is InChI=1S/C31H38N6O3/c1-21-8-11-25(12-9-21)40-28-18-24(10-13-27(28)39-6)17-26(22(2)16-23(3)38-5)36(4)14-7-15-37-20-35-29-30(32)33-19-34-31(29)37/h8-13,16,18-20,26H,2,7,14-15,17H2,1,3-6H3,(H2,32,33,34)/b23-16+/t26-/m0/s1. The van der Waals surface area contributed by atoms with Gasteiger partial charge in [-0.15, -0.1) is 0 Å². The molecular weight excluding hydrogens is 504 g/mol. The maximum Gasteiger partial charge on any atom is 0.169 e. The van der Waals surface area contributed by atoms with Gasteiger partial charge >= 0.3 is 0 Å². The van der Waals surface area contributed by atoms with E-state index in [4.69, 9.17) is 19.9 Å². The molecule has 4 aromatic rings. The molecule has 0 fully saturated rings. The lowest BCUT2D eigenvalue weighted by Gasteiger charge is -2.29. The summed E-state index contributed by atoms with van der Waals surface area (Å²) < 4.78 is 19.2. The highest BCUT2D eigenvalue weighted by Crippen LogP contribution is 2.33. The third kappa shape index (κ3) is 6.98. The fourth-order valence-electron chi connectivity index (χ4n) is 4.58. The number of anilines is 1. The highest BCUT2D eigenvalue weighted by molar-refractivity contribution is 5.81. The van der Waals surface area contributed by atoms with Gasteiger partial charge in [0.25, 0.3) is 0 Å². The Hall–Kier alpha value is -4.37. The Kier molecular flexibility index (Phi) is 9.39. The highest BCUT2D eigenvalue weighted by Gasteiger charge is 2.20. The predicted molar refractivity (Wildman–Crippen MR) is 159 cm³/mol. The normalized spacial score (nSPS) is 12.5. The number of methoxy groups -OCH3 is 2. The molecule has 2 aromatic carbocycles. The summed E-state index contributed by atoms with van der Waals surface area (Å²) in [6.07, 6.45) is 6.85. The van der Waals surface area contributed by atoms with Gasteiger partial charge in [0.2, 0.25) is 0 Å². The van der Waals surface area contributed by atoms with Crippen LogP contribution in [0.15, 0.2) is 79.1 Å². The smallest absolute Gasteiger partial charge is 0.169 e. The zero-order valence-corrected chi connectivity index (χ0v) is 23.9. The van der Waals surface area contributed by atoms with E-state index in [0.717, 1.165) is 54.2 Å². The summed E-state index contributed by atoms with van der Waals surface area (Å²) >= 11 is 0. The summed E-state index contributed by atoms with van der Waals surface area (Å²) in [5.74, 6) is 3.32. The Labute approximate surface area is 235 Å². The van der Waals surface area contributed by atoms with Crippen LogP contribution in [-0.4, -0.2) is 58.3 Å². The second kappa shape index (κ2) is 13.1. The van der Waals surface area contributed by atoms with E-state index in [-0.39, 0.29) is 6.04 Å². The SMILES string of the molecule is C=C(/C=C(\C)OC)[C@H](Cc1ccc(OC)c(Oc2ccc(C)cc2)c1)N(C)CCCn1cnc2c(N)ncnc21. The molecule has 0 spiro atoms. The molecule has 0 radical (unpaired) electrons. The lowest BCUT2D eigenvalue weighted by Crippen LogP contribution is -2.35. The number of hydrogen-bond donors (Lipinski definition) is 1. The van der Waals surface area contributed by atoms with E-state index in [1.165, 1.54) is 11.9 Å². The van der Waals surface area contributed by atoms with Crippen LogP contribution >= 0.6 is 0 Å². The van der Waals surface area contributed by atoms with Crippen molar-refractivity contribution in [3.8, 4) is 17.2 Å². The van der Waals surface area contributed by atoms with Gasteiger partial charge in [-0.3, -0.25) is 4.90 Å². The van der Waals surface area contributed by atoms with Crippen molar-refractivity contribution in [1.29, 1.82) is 0 Å². The van der Waals surface area contributed by atoms with Gasteiger partial charge in [0.05, 0.1) is 26.3 Å². The van der Waals surface area contributed by atoms with E-state index in [2.05, 4.69) is 46.5 Å². The topological polar surface area (TPSA) is 101 Å². The quantitative estimate of drug-likeness (QED) is 0.173. The molecule has 0 aliphatic rings. The molecule has 0 saturated heterocycles. The highest BCUT2D eigenvalue weighted by atomic mass is 16.5. The lowest BCUT2D eigenvalue weighted by atomic mass is 9.97. The van der Waals surface area contributed by atoms with Gasteiger partial charge in [0.15, 0.2) is 23.0 Å². The molecule has 0 saturated carbocycles. The van der Waals surface area contributed by atoms with Crippen molar-refractivity contribution in [1.82, 2.24) is 24.4 Å². The number of benzene rings is 2. The van der Waals surface area contributed by atoms with Crippen molar-refractivity contribution < 1.29 is 14.2 Å². The van der Waals surface area contributed by atoms with Crippen molar-refractivity contribution in [2.75, 3.05) is 33.5 Å². The molecule has 9 nitrogen and oxygen atoms in total. The maximum absolute atomic E-state index is 6.21. The number of nitrogen functional groups attached to an aromatic ring is 1. The minimum Gasteiger partial charge on any atom is -0.501 e. The molecule has 2 heterocycles. The van der Waals surface area contributed by atoms with E-state index in [0.29, 0.717) is 22.8 Å². The van der Waals surface area contributed by atoms with Crippen molar-refractivity contribution in [2.45, 2.75) is 39.3 Å². The maximum atomic E-state index is 6.21. The van der Waals surface area contributed by atoms with Gasteiger partial charge in [0, 0.05) is 19.1 Å². The summed E-state index contributed by atoms with van der Waals surface area (Å²) in [6.45, 7) is 9.96. The van der Waals surface area contributed by atoms with Crippen molar-refractivity contribution >= 4 is 17.0 Å². The third-order valence-corrected chi connectivity index (χ3v) is 6.92. The number of fused-ring (bicyclic) bond motifs is 1. The number of rotatable bonds is 13. The number of likely N-dealkylation sites (N-methyl/N-ethyl adjacent to an activating group) is 1. The number of allylic oxidation sites excluding steroid dienone is 1. The van der Waals surface area contributed by atoms with Gasteiger partial charge in [-0.25, -0.2) is 15.0 Å². The van der Waals surface area contributed by atoms with Gasteiger partial charge < -0.3 is 24.5 Å². The van der Waals surface area contributed by atoms with E-state index in [1.54, 1.807) is 20.5 Å². The number of aryl methyl sites for hydroxylation is 2. The first-order valence-electron chi connectivity index (χ1n) is 13.2. The molecular formula is C31H38N6O3. The Morgan fingerprint density at radius 1 is 1.10 bits per heavy atom. The molecule has 9 heteroatoms. The minimum atomic E-state index is 0.0308. The Morgan fingerprint density at radius 3 is 2.60 bits per heavy atom. The molecule has 0 amide bonds. The first-order chi connectivity index (χ1) is 19.3. The molecule has 2 aromatic heterocycles. The van der Waals surface area contributed by atoms with Crippen LogP contribution in [0.2, 0.25) is 0 Å². The summed E-state index contributed by atoms with van der Waals surface area (Å²) in [6, 6.07) is 14.1. The fraction of sp³-hybridized carbons (Fsp3) is 0.323. The van der Waals surface area contributed by atoms with Crippen LogP contribution in [0.3, 0.4) is 0 Å². The molecule has 1 atom stereocenters. The first kappa shape index (κ1) is 28.6. The minimum absolute atomic E-state index is 0.0308. The number of nitrogens with zero attached hydrogens (tertiary/aromatic N) is 5. The second-order valence-electron chi connectivity index (χ2n) is 9.86. The average Bonchev–Trinajstić information content (AvgIpc) is 3.37. The Balaban J connectivity index is 1.51. The van der Waals surface area contributed by atoms with E-state index < -0.39 is 0 Å². The van der Waals surface area contributed by atoms with Crippen LogP contribution in [0.1, 0.15) is 24.5 Å². The van der Waals surface area contributed by atoms with Crippen LogP contribution in [0.4, 0.5) is 5.82 Å². The molecule has 0 unspecified atom stereocenters. The number of imidazole rings is 1. The van der Waals surface area contributed by atoms with Crippen molar-refractivity contribution in [3.63, 3.8) is 0 Å². The number of nitrogens with two attached hydrogens (primary N) is 1. The largest absolute Gasteiger partial charge is 0.501 e. The Morgan fingerprint density at radius 2 is 1.88 bits per heavy atom. The molecule has 2 N–H and O–H groups in total. The van der Waals surface area contributed by atoms with Crippen LogP contribution in [-0.2, 0) is 17.7 Å². The van der Waals surface area contributed by atoms with E-state index in [9.17, 15) is 0 Å². The van der Waals surface area contributed by atoms with Crippen LogP contribution in [0.25, 0.3) is 11.2 Å². The van der Waals surface area contributed by atoms with E-state index >= 15 is 0 Å².